The fourth-order valence-electron chi connectivity index (χ4n) is 8.97. The van der Waals surface area contributed by atoms with Gasteiger partial charge in [0.1, 0.15) is 0 Å². The van der Waals surface area contributed by atoms with E-state index in [1.54, 1.807) is 0 Å². The van der Waals surface area contributed by atoms with Crippen molar-refractivity contribution in [3.05, 3.63) is 249 Å². The molecule has 0 aliphatic heterocycles. The summed E-state index contributed by atoms with van der Waals surface area (Å²) in [5.41, 5.74) is 20.7. The minimum Gasteiger partial charge on any atom is -0.0656 e. The van der Waals surface area contributed by atoms with Crippen LogP contribution in [0.4, 0.5) is 0 Å². The number of hydrogen-bond donors (Lipinski definition) is 0. The average Bonchev–Trinajstić information content (AvgIpc) is 4.04. The molecule has 0 heterocycles. The Morgan fingerprint density at radius 3 is 0.762 bits per heavy atom. The minimum atomic E-state index is 1.04. The summed E-state index contributed by atoms with van der Waals surface area (Å²) in [6.45, 7) is 10.6. The van der Waals surface area contributed by atoms with Crippen LogP contribution in [0, 0.1) is 20.8 Å². The van der Waals surface area contributed by atoms with Gasteiger partial charge in [-0.15, -0.1) is 0 Å². The van der Waals surface area contributed by atoms with Crippen LogP contribution in [-0.4, -0.2) is 0 Å². The molecule has 3 aliphatic carbocycles. The molecule has 9 aromatic carbocycles. The average molecular weight is 813 g/mol. The van der Waals surface area contributed by atoms with E-state index in [4.69, 9.17) is 0 Å². The zero-order valence-electron chi connectivity index (χ0n) is 37.4. The van der Waals surface area contributed by atoms with Gasteiger partial charge in [0.15, 0.2) is 0 Å². The van der Waals surface area contributed by atoms with E-state index < -0.39 is 0 Å². The molecular weight excluding hydrogens is 757 g/mol. The number of fused-ring (bicyclic) bond motifs is 6. The Labute approximate surface area is 374 Å². The number of hydrogen-bond acceptors (Lipinski definition) is 0. The van der Waals surface area contributed by atoms with Crippen molar-refractivity contribution in [1.82, 2.24) is 0 Å². The quantitative estimate of drug-likeness (QED) is 0.167. The molecule has 0 spiro atoms. The van der Waals surface area contributed by atoms with E-state index >= 15 is 0 Å². The van der Waals surface area contributed by atoms with Crippen LogP contribution < -0.4 is 0 Å². The van der Waals surface area contributed by atoms with Gasteiger partial charge < -0.3 is 0 Å². The second-order valence-corrected chi connectivity index (χ2v) is 17.5. The van der Waals surface area contributed by atoms with Crippen molar-refractivity contribution in [1.29, 1.82) is 0 Å². The van der Waals surface area contributed by atoms with Crippen molar-refractivity contribution < 1.29 is 0 Å². The molecule has 0 atom stereocenters. The zero-order valence-corrected chi connectivity index (χ0v) is 37.4. The molecule has 0 radical (unpaired) electrons. The number of benzene rings is 9. The summed E-state index contributed by atoms with van der Waals surface area (Å²) in [4.78, 5) is 0. The third-order valence-corrected chi connectivity index (χ3v) is 12.4. The first kappa shape index (κ1) is 41.3. The van der Waals surface area contributed by atoms with Crippen LogP contribution in [-0.2, 0) is 19.3 Å². The molecule has 0 bridgehead atoms. The Kier molecular flexibility index (Phi) is 12.2. The highest BCUT2D eigenvalue weighted by molar-refractivity contribution is 5.97. The van der Waals surface area contributed by atoms with Crippen molar-refractivity contribution in [2.24, 2.45) is 0 Å². The van der Waals surface area contributed by atoms with E-state index in [0.29, 0.717) is 0 Å². The molecule has 0 amide bonds. The molecule has 0 saturated carbocycles. The van der Waals surface area contributed by atoms with Gasteiger partial charge in [-0.1, -0.05) is 219 Å². The molecule has 0 heteroatoms. The largest absolute Gasteiger partial charge is 0.0656 e. The van der Waals surface area contributed by atoms with Gasteiger partial charge in [0.2, 0.25) is 0 Å². The van der Waals surface area contributed by atoms with E-state index in [0.717, 1.165) is 19.3 Å². The molecule has 0 N–H and O–H groups in total. The predicted molar refractivity (Wildman–Crippen MR) is 276 cm³/mol. The Bertz CT molecular complexity index is 2820. The predicted octanol–water partition coefficient (Wildman–Crippen LogP) is 17.2. The van der Waals surface area contributed by atoms with Crippen molar-refractivity contribution in [3.8, 4) is 0 Å². The fraction of sp³-hybridized carbons (Fsp3) is 0.143. The molecule has 0 aromatic heterocycles. The topological polar surface area (TPSA) is 0 Å². The Hall–Kier alpha value is -7.02. The lowest BCUT2D eigenvalue weighted by Crippen LogP contribution is -1.86. The van der Waals surface area contributed by atoms with Crippen LogP contribution >= 0.6 is 0 Å². The van der Waals surface area contributed by atoms with Crippen LogP contribution in [0.2, 0.25) is 0 Å². The smallest absolute Gasteiger partial charge is 0.00135 e. The second kappa shape index (κ2) is 18.5. The third-order valence-electron chi connectivity index (χ3n) is 12.4. The number of aryl methyl sites for hydroxylation is 3. The molecule has 0 fully saturated rings. The lowest BCUT2D eigenvalue weighted by molar-refractivity contribution is 1.09. The highest BCUT2D eigenvalue weighted by atomic mass is 14.2. The molecule has 308 valence electrons. The third kappa shape index (κ3) is 9.42. The van der Waals surface area contributed by atoms with E-state index in [1.165, 1.54) is 122 Å². The summed E-state index contributed by atoms with van der Waals surface area (Å²) in [5, 5.41) is 7.99. The summed E-state index contributed by atoms with van der Waals surface area (Å²) >= 11 is 0. The minimum absolute atomic E-state index is 1.04. The first-order valence-electron chi connectivity index (χ1n) is 22.7. The van der Waals surface area contributed by atoms with Crippen molar-refractivity contribution in [3.63, 3.8) is 0 Å². The normalized spacial score (nSPS) is 13.0. The van der Waals surface area contributed by atoms with E-state index in [1.807, 2.05) is 0 Å². The number of allylic oxidation sites excluding steroid dienone is 3. The van der Waals surface area contributed by atoms with Gasteiger partial charge >= 0.3 is 0 Å². The van der Waals surface area contributed by atoms with Crippen LogP contribution in [0.15, 0.2) is 182 Å². The first-order valence-corrected chi connectivity index (χ1v) is 22.7. The lowest BCUT2D eigenvalue weighted by Gasteiger charge is -2.04. The van der Waals surface area contributed by atoms with Crippen molar-refractivity contribution in [2.75, 3.05) is 0 Å². The first-order chi connectivity index (χ1) is 30.8. The summed E-state index contributed by atoms with van der Waals surface area (Å²) in [5.74, 6) is 0. The lowest BCUT2D eigenvalue weighted by atomic mass is 10.0. The summed E-state index contributed by atoms with van der Waals surface area (Å²) in [6, 6.07) is 66.2. The molecular formula is C63H56. The molecule has 3 aliphatic rings. The maximum absolute atomic E-state index is 2.34. The van der Waals surface area contributed by atoms with Crippen LogP contribution in [0.3, 0.4) is 0 Å². The molecule has 0 unspecified atom stereocenters. The maximum Gasteiger partial charge on any atom is -0.00135 e. The van der Waals surface area contributed by atoms with Gasteiger partial charge in [-0.05, 0) is 157 Å². The maximum atomic E-state index is 2.34. The molecule has 12 rings (SSSR count). The SMILES string of the molecule is CCC.Cc1ccc(C2=Cc3cc4ccccc4cc3C2)cc1.Cc1ccc(C2=Cc3cc4ccccc4cc3C2)cc1.Cc1ccc(C2=Cc3cc4ccccc4cc3C2)cc1. The Morgan fingerprint density at radius 1 is 0.302 bits per heavy atom. The molecule has 9 aromatic rings. The Balaban J connectivity index is 0.000000116. The number of rotatable bonds is 3. The highest BCUT2D eigenvalue weighted by Crippen LogP contribution is 2.37. The molecule has 0 saturated heterocycles. The van der Waals surface area contributed by atoms with Gasteiger partial charge in [-0.25, -0.2) is 0 Å². The second-order valence-electron chi connectivity index (χ2n) is 17.5. The van der Waals surface area contributed by atoms with E-state index in [2.05, 4.69) is 235 Å². The van der Waals surface area contributed by atoms with Crippen LogP contribution in [0.1, 0.15) is 87.0 Å². The monoisotopic (exact) mass is 812 g/mol. The Morgan fingerprint density at radius 2 is 0.524 bits per heavy atom. The van der Waals surface area contributed by atoms with Crippen LogP contribution in [0.5, 0.6) is 0 Å². The zero-order chi connectivity index (χ0) is 43.3. The van der Waals surface area contributed by atoms with Crippen molar-refractivity contribution in [2.45, 2.75) is 60.3 Å². The molecule has 0 nitrogen and oxygen atoms in total. The summed E-state index contributed by atoms with van der Waals surface area (Å²) < 4.78 is 0. The standard InChI is InChI=1S/3C20H16.C3H8/c3*1-14-6-8-15(9-7-14)18-12-19-10-16-4-2-3-5-17(16)11-20(19)13-18;1-3-2/h3*2-12H,13H2,1H3;3H2,1-2H3. The van der Waals surface area contributed by atoms with Crippen LogP contribution in [0.25, 0.3) is 67.3 Å². The van der Waals surface area contributed by atoms with Crippen molar-refractivity contribution >= 4 is 67.3 Å². The van der Waals surface area contributed by atoms with Gasteiger partial charge in [0.05, 0.1) is 0 Å². The van der Waals surface area contributed by atoms with Gasteiger partial charge in [0, 0.05) is 0 Å². The summed E-state index contributed by atoms with van der Waals surface area (Å²) in [6.07, 6.45) is 11.4. The van der Waals surface area contributed by atoms with E-state index in [-0.39, 0.29) is 0 Å². The van der Waals surface area contributed by atoms with E-state index in [9.17, 15) is 0 Å². The highest BCUT2D eigenvalue weighted by Gasteiger charge is 2.17. The fourth-order valence-corrected chi connectivity index (χ4v) is 8.97. The van der Waals surface area contributed by atoms with Gasteiger partial charge in [-0.3, -0.25) is 0 Å². The van der Waals surface area contributed by atoms with Gasteiger partial charge in [-0.2, -0.15) is 0 Å². The molecule has 63 heavy (non-hydrogen) atoms. The van der Waals surface area contributed by atoms with Gasteiger partial charge in [0.25, 0.3) is 0 Å². The summed E-state index contributed by atoms with van der Waals surface area (Å²) in [7, 11) is 0.